The van der Waals surface area contributed by atoms with E-state index in [1.165, 1.54) is 18.3 Å². The third kappa shape index (κ3) is 4.94. The van der Waals surface area contributed by atoms with Gasteiger partial charge in [0.25, 0.3) is 0 Å². The first-order valence-corrected chi connectivity index (χ1v) is 7.39. The Balaban J connectivity index is 2.11. The molecule has 2 rings (SSSR count). The third-order valence-electron chi connectivity index (χ3n) is 3.21. The molecule has 0 aliphatic carbocycles. The molecule has 0 radical (unpaired) electrons. The van der Waals surface area contributed by atoms with Crippen LogP contribution in [0.1, 0.15) is 18.1 Å². The van der Waals surface area contributed by atoms with Crippen molar-refractivity contribution in [3.8, 4) is 11.6 Å². The Bertz CT molecular complexity index is 775. The van der Waals surface area contributed by atoms with E-state index in [2.05, 4.69) is 16.3 Å². The average Bonchev–Trinajstić information content (AvgIpc) is 2.49. The van der Waals surface area contributed by atoms with Gasteiger partial charge in [-0.2, -0.15) is 8.78 Å². The van der Waals surface area contributed by atoms with Crippen molar-refractivity contribution in [2.24, 2.45) is 12.0 Å². The molecule has 1 aromatic heterocycles. The SMILES string of the molecule is C=CN=c1cc(C)cc(OCc2ccc(OC(C)(F)F)cc2)n1C. The van der Waals surface area contributed by atoms with Gasteiger partial charge in [0.15, 0.2) is 5.88 Å². The molecule has 128 valence electrons. The van der Waals surface area contributed by atoms with Gasteiger partial charge < -0.3 is 14.0 Å². The van der Waals surface area contributed by atoms with Crippen LogP contribution in [-0.4, -0.2) is 10.7 Å². The number of nitrogens with zero attached hydrogens (tertiary/aromatic N) is 2. The van der Waals surface area contributed by atoms with Crippen LogP contribution in [-0.2, 0) is 13.7 Å². The highest BCUT2D eigenvalue weighted by atomic mass is 19.3. The number of halogens is 2. The normalized spacial score (nSPS) is 12.1. The molecule has 1 heterocycles. The molecule has 0 aliphatic heterocycles. The summed E-state index contributed by atoms with van der Waals surface area (Å²) in [6.07, 6.45) is -1.72. The summed E-state index contributed by atoms with van der Waals surface area (Å²) in [5, 5.41) is 0. The first kappa shape index (κ1) is 17.7. The van der Waals surface area contributed by atoms with Crippen LogP contribution in [0.4, 0.5) is 8.78 Å². The lowest BCUT2D eigenvalue weighted by Crippen LogP contribution is -2.20. The highest BCUT2D eigenvalue weighted by Gasteiger charge is 2.22. The van der Waals surface area contributed by atoms with Gasteiger partial charge in [0.05, 0.1) is 0 Å². The summed E-state index contributed by atoms with van der Waals surface area (Å²) < 4.78 is 37.7. The van der Waals surface area contributed by atoms with Gasteiger partial charge in [0.2, 0.25) is 0 Å². The van der Waals surface area contributed by atoms with Crippen LogP contribution < -0.4 is 15.0 Å². The third-order valence-corrected chi connectivity index (χ3v) is 3.21. The summed E-state index contributed by atoms with van der Waals surface area (Å²) in [6, 6.07) is 10.2. The molecule has 1 aromatic carbocycles. The number of benzene rings is 1. The number of hydrogen-bond acceptors (Lipinski definition) is 3. The van der Waals surface area contributed by atoms with Gasteiger partial charge >= 0.3 is 6.11 Å². The van der Waals surface area contributed by atoms with Crippen molar-refractivity contribution in [2.75, 3.05) is 0 Å². The predicted molar refractivity (Wildman–Crippen MR) is 87.9 cm³/mol. The fourth-order valence-electron chi connectivity index (χ4n) is 2.12. The van der Waals surface area contributed by atoms with Crippen LogP contribution in [0.3, 0.4) is 0 Å². The highest BCUT2D eigenvalue weighted by Crippen LogP contribution is 2.21. The molecule has 0 fully saturated rings. The molecular weight excluding hydrogens is 314 g/mol. The summed E-state index contributed by atoms with van der Waals surface area (Å²) in [6.45, 7) is 6.55. The lowest BCUT2D eigenvalue weighted by molar-refractivity contribution is -0.158. The molecule has 0 bridgehead atoms. The van der Waals surface area contributed by atoms with Crippen molar-refractivity contribution in [3.05, 3.63) is 65.8 Å². The van der Waals surface area contributed by atoms with Gasteiger partial charge in [-0.05, 0) is 36.2 Å². The molecule has 0 amide bonds. The molecule has 24 heavy (non-hydrogen) atoms. The zero-order valence-electron chi connectivity index (χ0n) is 13.9. The second-order valence-electron chi connectivity index (χ2n) is 5.44. The molecule has 0 saturated carbocycles. The monoisotopic (exact) mass is 334 g/mol. The number of rotatable bonds is 6. The molecule has 2 aromatic rings. The summed E-state index contributed by atoms with van der Waals surface area (Å²) in [7, 11) is 1.84. The minimum absolute atomic E-state index is 0.111. The molecule has 0 aliphatic rings. The van der Waals surface area contributed by atoms with E-state index in [4.69, 9.17) is 4.74 Å². The Morgan fingerprint density at radius 3 is 2.50 bits per heavy atom. The van der Waals surface area contributed by atoms with Crippen molar-refractivity contribution in [2.45, 2.75) is 26.6 Å². The molecule has 0 spiro atoms. The van der Waals surface area contributed by atoms with E-state index in [1.807, 2.05) is 30.7 Å². The maximum atomic E-state index is 12.8. The quantitative estimate of drug-likeness (QED) is 0.802. The van der Waals surface area contributed by atoms with E-state index in [0.29, 0.717) is 19.4 Å². The summed E-state index contributed by atoms with van der Waals surface area (Å²) in [4.78, 5) is 4.19. The van der Waals surface area contributed by atoms with E-state index in [9.17, 15) is 8.78 Å². The fraction of sp³-hybridized carbons (Fsp3) is 0.278. The summed E-state index contributed by atoms with van der Waals surface area (Å²) >= 11 is 0. The van der Waals surface area contributed by atoms with Crippen molar-refractivity contribution < 1.29 is 18.3 Å². The van der Waals surface area contributed by atoms with Gasteiger partial charge in [0.1, 0.15) is 17.8 Å². The van der Waals surface area contributed by atoms with E-state index < -0.39 is 6.11 Å². The number of ether oxygens (including phenoxy) is 2. The number of aromatic nitrogens is 1. The van der Waals surface area contributed by atoms with Crippen LogP contribution in [0.2, 0.25) is 0 Å². The molecule has 0 saturated heterocycles. The molecule has 4 nitrogen and oxygen atoms in total. The maximum Gasteiger partial charge on any atom is 0.394 e. The minimum atomic E-state index is -3.20. The largest absolute Gasteiger partial charge is 0.474 e. The van der Waals surface area contributed by atoms with E-state index >= 15 is 0 Å². The van der Waals surface area contributed by atoms with Crippen molar-refractivity contribution in [1.82, 2.24) is 4.57 Å². The zero-order chi connectivity index (χ0) is 17.7. The lowest BCUT2D eigenvalue weighted by atomic mass is 10.2. The minimum Gasteiger partial charge on any atom is -0.474 e. The fourth-order valence-corrected chi connectivity index (χ4v) is 2.12. The predicted octanol–water partition coefficient (Wildman–Crippen LogP) is 3.95. The maximum absolute atomic E-state index is 12.8. The van der Waals surface area contributed by atoms with E-state index in [0.717, 1.165) is 16.6 Å². The van der Waals surface area contributed by atoms with Crippen LogP contribution in [0.25, 0.3) is 0 Å². The zero-order valence-corrected chi connectivity index (χ0v) is 13.9. The molecular formula is C18H20F2N2O2. The van der Waals surface area contributed by atoms with E-state index in [-0.39, 0.29) is 5.75 Å². The number of alkyl halides is 2. The van der Waals surface area contributed by atoms with Crippen LogP contribution >= 0.6 is 0 Å². The Labute approximate surface area is 139 Å². The standard InChI is InChI=1S/C18H20F2N2O2/c1-5-21-16-10-13(2)11-17(22(16)4)23-12-14-6-8-15(9-7-14)24-18(3,19)20/h5-11H,1,12H2,2-4H3. The van der Waals surface area contributed by atoms with Crippen LogP contribution in [0.15, 0.2) is 54.2 Å². The Morgan fingerprint density at radius 2 is 1.92 bits per heavy atom. The number of aryl methyl sites for hydroxylation is 1. The lowest BCUT2D eigenvalue weighted by Gasteiger charge is -2.14. The summed E-state index contributed by atoms with van der Waals surface area (Å²) in [5.41, 5.74) is 2.58. The van der Waals surface area contributed by atoms with Crippen molar-refractivity contribution >= 4 is 0 Å². The highest BCUT2D eigenvalue weighted by molar-refractivity contribution is 5.28. The van der Waals surface area contributed by atoms with E-state index in [1.54, 1.807) is 12.1 Å². The van der Waals surface area contributed by atoms with Gasteiger partial charge in [-0.1, -0.05) is 18.7 Å². The van der Waals surface area contributed by atoms with Crippen LogP contribution in [0, 0.1) is 6.92 Å². The molecule has 0 atom stereocenters. The Morgan fingerprint density at radius 1 is 1.25 bits per heavy atom. The molecule has 6 heteroatoms. The second-order valence-corrected chi connectivity index (χ2v) is 5.44. The van der Waals surface area contributed by atoms with Gasteiger partial charge in [-0.3, -0.25) is 0 Å². The van der Waals surface area contributed by atoms with Gasteiger partial charge in [0, 0.05) is 26.2 Å². The van der Waals surface area contributed by atoms with Crippen molar-refractivity contribution in [3.63, 3.8) is 0 Å². The van der Waals surface area contributed by atoms with Crippen molar-refractivity contribution in [1.29, 1.82) is 0 Å². The number of hydrogen-bond donors (Lipinski definition) is 0. The smallest absolute Gasteiger partial charge is 0.394 e. The first-order valence-electron chi connectivity index (χ1n) is 7.39. The topological polar surface area (TPSA) is 35.8 Å². The van der Waals surface area contributed by atoms with Crippen LogP contribution in [0.5, 0.6) is 11.6 Å². The second kappa shape index (κ2) is 7.29. The average molecular weight is 334 g/mol. The molecule has 0 N–H and O–H groups in total. The van der Waals surface area contributed by atoms with Gasteiger partial charge in [-0.15, -0.1) is 0 Å². The van der Waals surface area contributed by atoms with Gasteiger partial charge in [-0.25, -0.2) is 4.99 Å². The number of pyridine rings is 1. The summed E-state index contributed by atoms with van der Waals surface area (Å²) in [5.74, 6) is 0.760. The first-order chi connectivity index (χ1) is 11.3. The molecule has 0 unspecified atom stereocenters. The Hall–Kier alpha value is -2.63. The Kier molecular flexibility index (Phi) is 5.39.